The van der Waals surface area contributed by atoms with Crippen LogP contribution in [0.1, 0.15) is 16.9 Å². The van der Waals surface area contributed by atoms with Gasteiger partial charge in [0.25, 0.3) is 5.91 Å². The highest BCUT2D eigenvalue weighted by Gasteiger charge is 2.08. The standard InChI is InChI=1S/C10H18N4O/c1-13(2)8-4-6-11-10(15)9-5-7-12-14(9)3/h5,7H,4,6,8H2,1-3H3,(H,11,15). The fraction of sp³-hybridized carbons (Fsp3) is 0.600. The first-order valence-electron chi connectivity index (χ1n) is 5.02. The Hall–Kier alpha value is -1.36. The molecule has 84 valence electrons. The van der Waals surface area contributed by atoms with E-state index in [9.17, 15) is 4.79 Å². The number of rotatable bonds is 5. The van der Waals surface area contributed by atoms with Crippen LogP contribution in [0.25, 0.3) is 0 Å². The van der Waals surface area contributed by atoms with Gasteiger partial charge in [0, 0.05) is 19.8 Å². The Balaban J connectivity index is 2.28. The fourth-order valence-corrected chi connectivity index (χ4v) is 1.28. The van der Waals surface area contributed by atoms with Crippen molar-refractivity contribution in [2.75, 3.05) is 27.2 Å². The first-order chi connectivity index (χ1) is 7.11. The number of carbonyl (C=O) groups is 1. The molecular formula is C10H18N4O. The highest BCUT2D eigenvalue weighted by molar-refractivity contribution is 5.92. The number of aryl methyl sites for hydroxylation is 1. The van der Waals surface area contributed by atoms with Crippen molar-refractivity contribution in [1.82, 2.24) is 20.0 Å². The zero-order chi connectivity index (χ0) is 11.3. The van der Waals surface area contributed by atoms with Gasteiger partial charge in [-0.3, -0.25) is 9.48 Å². The minimum absolute atomic E-state index is 0.0613. The fourth-order valence-electron chi connectivity index (χ4n) is 1.28. The average Bonchev–Trinajstić information content (AvgIpc) is 2.58. The predicted octanol–water partition coefficient (Wildman–Crippen LogP) is 0.102. The Kier molecular flexibility index (Phi) is 4.30. The molecule has 0 fully saturated rings. The predicted molar refractivity (Wildman–Crippen MR) is 58.7 cm³/mol. The van der Waals surface area contributed by atoms with E-state index in [2.05, 4.69) is 15.3 Å². The lowest BCUT2D eigenvalue weighted by atomic mass is 10.3. The molecule has 5 nitrogen and oxygen atoms in total. The highest BCUT2D eigenvalue weighted by Crippen LogP contribution is 1.95. The zero-order valence-electron chi connectivity index (χ0n) is 9.53. The summed E-state index contributed by atoms with van der Waals surface area (Å²) in [4.78, 5) is 13.7. The van der Waals surface area contributed by atoms with Gasteiger partial charge < -0.3 is 10.2 Å². The van der Waals surface area contributed by atoms with E-state index in [1.165, 1.54) is 0 Å². The first-order valence-corrected chi connectivity index (χ1v) is 5.02. The summed E-state index contributed by atoms with van der Waals surface area (Å²) < 4.78 is 1.57. The molecule has 1 aromatic heterocycles. The summed E-state index contributed by atoms with van der Waals surface area (Å²) in [6.07, 6.45) is 2.57. The number of hydrogen-bond acceptors (Lipinski definition) is 3. The van der Waals surface area contributed by atoms with E-state index in [0.717, 1.165) is 13.0 Å². The van der Waals surface area contributed by atoms with Crippen LogP contribution in [0.5, 0.6) is 0 Å². The summed E-state index contributed by atoms with van der Waals surface area (Å²) >= 11 is 0. The van der Waals surface area contributed by atoms with Gasteiger partial charge in [0.1, 0.15) is 5.69 Å². The molecule has 0 aliphatic rings. The van der Waals surface area contributed by atoms with Gasteiger partial charge in [0.15, 0.2) is 0 Å². The topological polar surface area (TPSA) is 50.2 Å². The van der Waals surface area contributed by atoms with Crippen LogP contribution in [0.2, 0.25) is 0 Å². The summed E-state index contributed by atoms with van der Waals surface area (Å²) in [6.45, 7) is 1.67. The van der Waals surface area contributed by atoms with E-state index < -0.39 is 0 Å². The molecule has 1 heterocycles. The van der Waals surface area contributed by atoms with Crippen molar-refractivity contribution >= 4 is 5.91 Å². The van der Waals surface area contributed by atoms with Crippen molar-refractivity contribution in [1.29, 1.82) is 0 Å². The van der Waals surface area contributed by atoms with Crippen molar-refractivity contribution in [2.24, 2.45) is 7.05 Å². The van der Waals surface area contributed by atoms with Gasteiger partial charge in [-0.05, 0) is 33.1 Å². The molecule has 0 bridgehead atoms. The lowest BCUT2D eigenvalue weighted by molar-refractivity contribution is 0.0943. The number of aromatic nitrogens is 2. The van der Waals surface area contributed by atoms with Crippen LogP contribution in [0.4, 0.5) is 0 Å². The molecule has 1 rings (SSSR count). The molecule has 0 saturated heterocycles. The number of nitrogens with zero attached hydrogens (tertiary/aromatic N) is 3. The molecule has 0 spiro atoms. The second kappa shape index (κ2) is 5.50. The summed E-state index contributed by atoms with van der Waals surface area (Å²) in [5.74, 6) is -0.0613. The van der Waals surface area contributed by atoms with Gasteiger partial charge in [-0.2, -0.15) is 5.10 Å². The van der Waals surface area contributed by atoms with E-state index in [0.29, 0.717) is 12.2 Å². The molecule has 5 heteroatoms. The SMILES string of the molecule is CN(C)CCCNC(=O)c1ccnn1C. The van der Waals surface area contributed by atoms with Crippen LogP contribution in [-0.2, 0) is 7.05 Å². The van der Waals surface area contributed by atoms with Gasteiger partial charge in [-0.15, -0.1) is 0 Å². The van der Waals surface area contributed by atoms with Crippen LogP contribution in [0, 0.1) is 0 Å². The van der Waals surface area contributed by atoms with Crippen molar-refractivity contribution in [3.05, 3.63) is 18.0 Å². The lowest BCUT2D eigenvalue weighted by Crippen LogP contribution is -2.28. The molecule has 0 atom stereocenters. The number of hydrogen-bond donors (Lipinski definition) is 1. The van der Waals surface area contributed by atoms with Crippen LogP contribution < -0.4 is 5.32 Å². The van der Waals surface area contributed by atoms with E-state index >= 15 is 0 Å². The second-order valence-corrected chi connectivity index (χ2v) is 3.75. The Bertz CT molecular complexity index is 319. The largest absolute Gasteiger partial charge is 0.351 e. The molecule has 1 N–H and O–H groups in total. The average molecular weight is 210 g/mol. The van der Waals surface area contributed by atoms with Crippen molar-refractivity contribution in [2.45, 2.75) is 6.42 Å². The summed E-state index contributed by atoms with van der Waals surface area (Å²) in [5.41, 5.74) is 0.597. The third-order valence-electron chi connectivity index (χ3n) is 2.12. The normalized spacial score (nSPS) is 10.7. The molecule has 0 aromatic carbocycles. The molecule has 0 aliphatic carbocycles. The third kappa shape index (κ3) is 3.71. The van der Waals surface area contributed by atoms with E-state index in [-0.39, 0.29) is 5.91 Å². The maximum Gasteiger partial charge on any atom is 0.269 e. The summed E-state index contributed by atoms with van der Waals surface area (Å²) in [6, 6.07) is 1.71. The Labute approximate surface area is 90.1 Å². The second-order valence-electron chi connectivity index (χ2n) is 3.75. The van der Waals surface area contributed by atoms with Crippen molar-refractivity contribution in [3.8, 4) is 0 Å². The zero-order valence-corrected chi connectivity index (χ0v) is 9.53. The highest BCUT2D eigenvalue weighted by atomic mass is 16.2. The van der Waals surface area contributed by atoms with Crippen LogP contribution in [0.15, 0.2) is 12.3 Å². The molecule has 0 saturated carbocycles. The number of nitrogens with one attached hydrogen (secondary N) is 1. The van der Waals surface area contributed by atoms with E-state index in [4.69, 9.17) is 0 Å². The van der Waals surface area contributed by atoms with Gasteiger partial charge in [-0.1, -0.05) is 0 Å². The maximum absolute atomic E-state index is 11.6. The molecule has 1 aromatic rings. The molecule has 1 amide bonds. The molecule has 0 unspecified atom stereocenters. The molecule has 0 radical (unpaired) electrons. The lowest BCUT2D eigenvalue weighted by Gasteiger charge is -2.09. The van der Waals surface area contributed by atoms with Gasteiger partial charge in [-0.25, -0.2) is 0 Å². The summed E-state index contributed by atoms with van der Waals surface area (Å²) in [7, 11) is 5.79. The van der Waals surface area contributed by atoms with E-state index in [1.54, 1.807) is 24.0 Å². The van der Waals surface area contributed by atoms with Gasteiger partial charge in [0.2, 0.25) is 0 Å². The number of amides is 1. The minimum Gasteiger partial charge on any atom is -0.351 e. The summed E-state index contributed by atoms with van der Waals surface area (Å²) in [5, 5.41) is 6.80. The first kappa shape index (κ1) is 11.7. The smallest absolute Gasteiger partial charge is 0.269 e. The Morgan fingerprint density at radius 3 is 2.87 bits per heavy atom. The van der Waals surface area contributed by atoms with Gasteiger partial charge >= 0.3 is 0 Å². The Morgan fingerprint density at radius 2 is 2.33 bits per heavy atom. The van der Waals surface area contributed by atoms with Crippen LogP contribution >= 0.6 is 0 Å². The molecule has 15 heavy (non-hydrogen) atoms. The van der Waals surface area contributed by atoms with Crippen LogP contribution in [-0.4, -0.2) is 47.8 Å². The number of carbonyl (C=O) groups excluding carboxylic acids is 1. The molecule has 0 aliphatic heterocycles. The monoisotopic (exact) mass is 210 g/mol. The van der Waals surface area contributed by atoms with E-state index in [1.807, 2.05) is 14.1 Å². The minimum atomic E-state index is -0.0613. The quantitative estimate of drug-likeness (QED) is 0.701. The third-order valence-corrected chi connectivity index (χ3v) is 2.12. The maximum atomic E-state index is 11.6. The Morgan fingerprint density at radius 1 is 1.60 bits per heavy atom. The van der Waals surface area contributed by atoms with Gasteiger partial charge in [0.05, 0.1) is 0 Å². The van der Waals surface area contributed by atoms with Crippen molar-refractivity contribution in [3.63, 3.8) is 0 Å². The van der Waals surface area contributed by atoms with Crippen LogP contribution in [0.3, 0.4) is 0 Å². The molecular weight excluding hydrogens is 192 g/mol. The van der Waals surface area contributed by atoms with Crippen molar-refractivity contribution < 1.29 is 4.79 Å².